The zero-order chi connectivity index (χ0) is 22.0. The lowest BCUT2D eigenvalue weighted by Gasteiger charge is -2.39. The molecule has 2 heterocycles. The molecule has 2 N–H and O–H groups in total. The van der Waals surface area contributed by atoms with Gasteiger partial charge < -0.3 is 19.8 Å². The zero-order valence-electron chi connectivity index (χ0n) is 17.7. The van der Waals surface area contributed by atoms with Crippen LogP contribution in [0.1, 0.15) is 48.7 Å². The van der Waals surface area contributed by atoms with Crippen LogP contribution >= 0.6 is 11.3 Å². The molecule has 1 saturated carbocycles. The van der Waals surface area contributed by atoms with Crippen molar-refractivity contribution in [3.63, 3.8) is 0 Å². The van der Waals surface area contributed by atoms with Crippen molar-refractivity contribution in [2.75, 3.05) is 18.1 Å². The number of ether oxygens (including phenoxy) is 1. The molecule has 0 radical (unpaired) electrons. The molecule has 166 valence electrons. The van der Waals surface area contributed by atoms with E-state index < -0.39 is 18.0 Å². The molecule has 4 rings (SSSR count). The van der Waals surface area contributed by atoms with Crippen LogP contribution < -0.4 is 4.90 Å². The molecule has 1 aromatic carbocycles. The van der Waals surface area contributed by atoms with E-state index in [0.717, 1.165) is 16.9 Å². The molecule has 2 aromatic rings. The van der Waals surface area contributed by atoms with Gasteiger partial charge in [0.2, 0.25) is 5.91 Å². The number of aliphatic hydroxyl groups excluding tert-OH is 1. The summed E-state index contributed by atoms with van der Waals surface area (Å²) >= 11 is 1.19. The Morgan fingerprint density at radius 2 is 1.81 bits per heavy atom. The first-order chi connectivity index (χ1) is 15.0. The van der Waals surface area contributed by atoms with Gasteiger partial charge in [0.25, 0.3) is 0 Å². The fraction of sp³-hybridized carbons (Fsp3) is 0.500. The quantitative estimate of drug-likeness (QED) is 0.714. The van der Waals surface area contributed by atoms with E-state index in [1.807, 2.05) is 36.4 Å². The molecule has 2 fully saturated rings. The molecule has 7 heteroatoms. The topological polar surface area (TPSA) is 87.1 Å². The number of carbonyl (C=O) groups is 2. The number of carboxylic acid groups (broad SMARTS) is 1. The number of aliphatic hydroxyl groups is 1. The molecule has 3 unspecified atom stereocenters. The molecule has 31 heavy (non-hydrogen) atoms. The molecule has 2 aliphatic rings. The number of anilines is 1. The largest absolute Gasteiger partial charge is 0.477 e. The summed E-state index contributed by atoms with van der Waals surface area (Å²) < 4.78 is 5.50. The maximum atomic E-state index is 13.8. The predicted octanol–water partition coefficient (Wildman–Crippen LogP) is 4.42. The van der Waals surface area contributed by atoms with Crippen LogP contribution in [0.2, 0.25) is 0 Å². The van der Waals surface area contributed by atoms with E-state index in [4.69, 9.17) is 4.74 Å². The molecular formula is C24H29NO5S. The van der Waals surface area contributed by atoms with Gasteiger partial charge in [0.1, 0.15) is 4.88 Å². The number of hydrogen-bond acceptors (Lipinski definition) is 5. The number of rotatable bonds is 5. The molecular weight excluding hydrogens is 414 g/mol. The Morgan fingerprint density at radius 1 is 1.10 bits per heavy atom. The monoisotopic (exact) mass is 443 g/mol. The van der Waals surface area contributed by atoms with Gasteiger partial charge >= 0.3 is 5.97 Å². The molecule has 1 saturated heterocycles. The third kappa shape index (κ3) is 4.68. The zero-order valence-corrected chi connectivity index (χ0v) is 18.5. The first-order valence-corrected chi connectivity index (χ1v) is 11.8. The van der Waals surface area contributed by atoms with Crippen molar-refractivity contribution in [3.8, 4) is 10.4 Å². The van der Waals surface area contributed by atoms with Crippen molar-refractivity contribution < 1.29 is 24.5 Å². The predicted molar refractivity (Wildman–Crippen MR) is 121 cm³/mol. The number of thiophene rings is 1. The minimum Gasteiger partial charge on any atom is -0.477 e. The van der Waals surface area contributed by atoms with Gasteiger partial charge in [0, 0.05) is 24.1 Å². The van der Waals surface area contributed by atoms with E-state index >= 15 is 0 Å². The van der Waals surface area contributed by atoms with Gasteiger partial charge in [0.15, 0.2) is 0 Å². The van der Waals surface area contributed by atoms with E-state index in [1.54, 1.807) is 4.90 Å². The highest BCUT2D eigenvalue weighted by Crippen LogP contribution is 2.41. The summed E-state index contributed by atoms with van der Waals surface area (Å²) in [6, 6.07) is 11.3. The summed E-state index contributed by atoms with van der Waals surface area (Å²) in [4.78, 5) is 28.6. The second kappa shape index (κ2) is 9.51. The van der Waals surface area contributed by atoms with Crippen LogP contribution in [0.3, 0.4) is 0 Å². The summed E-state index contributed by atoms with van der Waals surface area (Å²) in [7, 11) is 0. The van der Waals surface area contributed by atoms with Crippen molar-refractivity contribution in [1.82, 2.24) is 0 Å². The van der Waals surface area contributed by atoms with Gasteiger partial charge in [-0.05, 0) is 49.7 Å². The van der Waals surface area contributed by atoms with E-state index in [-0.39, 0.29) is 16.8 Å². The molecule has 3 atom stereocenters. The van der Waals surface area contributed by atoms with Gasteiger partial charge in [-0.1, -0.05) is 37.3 Å². The maximum Gasteiger partial charge on any atom is 0.348 e. The standard InChI is InChI=1S/C24H29NO5S/c1-15-7-8-18(20(26)13-15)23(27)25(17-9-11-30-12-10-17)19-14-21(31-22(19)24(28)29)16-5-3-2-4-6-16/h2-6,14-15,17-18,20,26H,7-13H2,1H3,(H,28,29). The fourth-order valence-electron chi connectivity index (χ4n) is 4.71. The van der Waals surface area contributed by atoms with Crippen LogP contribution in [-0.2, 0) is 9.53 Å². The van der Waals surface area contributed by atoms with E-state index in [0.29, 0.717) is 50.5 Å². The Kier molecular flexibility index (Phi) is 6.74. The van der Waals surface area contributed by atoms with Crippen LogP contribution in [0, 0.1) is 11.8 Å². The first kappa shape index (κ1) is 22.0. The lowest BCUT2D eigenvalue weighted by atomic mass is 9.79. The smallest absolute Gasteiger partial charge is 0.348 e. The Bertz CT molecular complexity index is 921. The fourth-order valence-corrected chi connectivity index (χ4v) is 5.71. The number of benzene rings is 1. The Labute approximate surface area is 186 Å². The van der Waals surface area contributed by atoms with Crippen LogP contribution in [-0.4, -0.2) is 47.4 Å². The minimum absolute atomic E-state index is 0.135. The van der Waals surface area contributed by atoms with Crippen molar-refractivity contribution >= 4 is 28.9 Å². The maximum absolute atomic E-state index is 13.8. The molecule has 1 aliphatic carbocycles. The van der Waals surface area contributed by atoms with Crippen LogP contribution in [0.4, 0.5) is 5.69 Å². The molecule has 1 aliphatic heterocycles. The van der Waals surface area contributed by atoms with Gasteiger partial charge in [-0.2, -0.15) is 0 Å². The average molecular weight is 444 g/mol. The highest BCUT2D eigenvalue weighted by atomic mass is 32.1. The van der Waals surface area contributed by atoms with Crippen molar-refractivity contribution in [1.29, 1.82) is 0 Å². The minimum atomic E-state index is -1.04. The number of carboxylic acids is 1. The van der Waals surface area contributed by atoms with E-state index in [1.165, 1.54) is 11.3 Å². The second-order valence-corrected chi connectivity index (χ2v) is 9.69. The average Bonchev–Trinajstić information content (AvgIpc) is 3.20. The summed E-state index contributed by atoms with van der Waals surface area (Å²) in [5.74, 6) is -1.31. The molecule has 6 nitrogen and oxygen atoms in total. The number of amides is 1. The SMILES string of the molecule is CC1CCC(C(=O)N(c2cc(-c3ccccc3)sc2C(=O)O)C2CCOCC2)C(O)C1. The van der Waals surface area contributed by atoms with Crippen LogP contribution in [0.25, 0.3) is 10.4 Å². The van der Waals surface area contributed by atoms with Gasteiger partial charge in [-0.25, -0.2) is 4.79 Å². The lowest BCUT2D eigenvalue weighted by molar-refractivity contribution is -0.129. The number of carbonyl (C=O) groups excluding carboxylic acids is 1. The highest BCUT2D eigenvalue weighted by Gasteiger charge is 2.40. The number of hydrogen-bond donors (Lipinski definition) is 2. The summed E-state index contributed by atoms with van der Waals surface area (Å²) in [5, 5.41) is 20.6. The van der Waals surface area contributed by atoms with Crippen LogP contribution in [0.15, 0.2) is 36.4 Å². The van der Waals surface area contributed by atoms with Crippen molar-refractivity contribution in [2.45, 2.75) is 51.2 Å². The van der Waals surface area contributed by atoms with E-state index in [9.17, 15) is 19.8 Å². The van der Waals surface area contributed by atoms with Gasteiger partial charge in [-0.15, -0.1) is 11.3 Å². The normalized spacial score (nSPS) is 24.6. The molecule has 0 spiro atoms. The molecule has 1 aromatic heterocycles. The summed E-state index contributed by atoms with van der Waals surface area (Å²) in [6.45, 7) is 3.17. The molecule has 0 bridgehead atoms. The summed E-state index contributed by atoms with van der Waals surface area (Å²) in [6.07, 6.45) is 2.72. The Morgan fingerprint density at radius 3 is 2.45 bits per heavy atom. The van der Waals surface area contributed by atoms with Crippen molar-refractivity contribution in [2.24, 2.45) is 11.8 Å². The Balaban J connectivity index is 1.75. The second-order valence-electron chi connectivity index (χ2n) is 8.64. The third-order valence-electron chi connectivity index (χ3n) is 6.41. The van der Waals surface area contributed by atoms with Crippen LogP contribution in [0.5, 0.6) is 0 Å². The number of nitrogens with zero attached hydrogens (tertiary/aromatic N) is 1. The highest BCUT2D eigenvalue weighted by molar-refractivity contribution is 7.18. The van der Waals surface area contributed by atoms with E-state index in [2.05, 4.69) is 6.92 Å². The van der Waals surface area contributed by atoms with Crippen molar-refractivity contribution in [3.05, 3.63) is 41.3 Å². The Hall–Kier alpha value is -2.22. The number of aromatic carboxylic acids is 1. The summed E-state index contributed by atoms with van der Waals surface area (Å²) in [5.41, 5.74) is 1.37. The van der Waals surface area contributed by atoms with Gasteiger partial charge in [-0.3, -0.25) is 4.79 Å². The van der Waals surface area contributed by atoms with Gasteiger partial charge in [0.05, 0.1) is 17.7 Å². The third-order valence-corrected chi connectivity index (χ3v) is 7.58. The lowest BCUT2D eigenvalue weighted by Crippen LogP contribution is -2.50. The molecule has 1 amide bonds. The first-order valence-electron chi connectivity index (χ1n) is 11.0.